The van der Waals surface area contributed by atoms with Crippen LogP contribution in [-0.2, 0) is 6.42 Å². The van der Waals surface area contributed by atoms with Crippen LogP contribution in [0.3, 0.4) is 0 Å². The highest BCUT2D eigenvalue weighted by Crippen LogP contribution is 2.28. The summed E-state index contributed by atoms with van der Waals surface area (Å²) in [6.45, 7) is 4.22. The van der Waals surface area contributed by atoms with Crippen LogP contribution in [-0.4, -0.2) is 13.0 Å². The van der Waals surface area contributed by atoms with Gasteiger partial charge >= 0.3 is 0 Å². The highest BCUT2D eigenvalue weighted by atomic mass is 35.5. The Kier molecular flexibility index (Phi) is 5.08. The molecule has 0 saturated carbocycles. The Labute approximate surface area is 126 Å². The van der Waals surface area contributed by atoms with Gasteiger partial charge in [-0.25, -0.2) is 0 Å². The fourth-order valence-corrected chi connectivity index (χ4v) is 2.81. The third-order valence-corrected chi connectivity index (χ3v) is 3.97. The van der Waals surface area contributed by atoms with Gasteiger partial charge in [0.1, 0.15) is 5.75 Å². The molecule has 2 heteroatoms. The summed E-state index contributed by atoms with van der Waals surface area (Å²) in [6, 6.07) is 14.9. The van der Waals surface area contributed by atoms with Gasteiger partial charge in [0.15, 0.2) is 0 Å². The van der Waals surface area contributed by atoms with Gasteiger partial charge in [0.05, 0.1) is 7.11 Å². The molecule has 0 aliphatic rings. The molecule has 2 aromatic carbocycles. The molecule has 106 valence electrons. The molecule has 20 heavy (non-hydrogen) atoms. The van der Waals surface area contributed by atoms with Crippen LogP contribution in [0.15, 0.2) is 42.5 Å². The predicted molar refractivity (Wildman–Crippen MR) is 86.1 cm³/mol. The first-order valence-corrected chi connectivity index (χ1v) is 7.43. The second-order valence-corrected chi connectivity index (χ2v) is 5.59. The van der Waals surface area contributed by atoms with E-state index in [0.717, 1.165) is 12.2 Å². The number of alkyl halides is 1. The summed E-state index contributed by atoms with van der Waals surface area (Å²) in [6.07, 6.45) is 0.901. The smallest absolute Gasteiger partial charge is 0.122 e. The maximum atomic E-state index is 6.20. The summed E-state index contributed by atoms with van der Waals surface area (Å²) in [5.74, 6) is 1.87. The molecule has 0 N–H and O–H groups in total. The van der Waals surface area contributed by atoms with E-state index in [1.165, 1.54) is 22.3 Å². The van der Waals surface area contributed by atoms with E-state index in [9.17, 15) is 0 Å². The van der Waals surface area contributed by atoms with Crippen molar-refractivity contribution in [1.29, 1.82) is 0 Å². The lowest BCUT2D eigenvalue weighted by molar-refractivity contribution is 0.408. The van der Waals surface area contributed by atoms with E-state index in [4.69, 9.17) is 16.3 Å². The molecule has 0 radical (unpaired) electrons. The van der Waals surface area contributed by atoms with Gasteiger partial charge in [-0.1, -0.05) is 47.5 Å². The van der Waals surface area contributed by atoms with E-state index in [1.54, 1.807) is 7.11 Å². The maximum Gasteiger partial charge on any atom is 0.122 e. The minimum absolute atomic E-state index is 0.312. The number of rotatable bonds is 5. The van der Waals surface area contributed by atoms with Crippen LogP contribution >= 0.6 is 11.6 Å². The van der Waals surface area contributed by atoms with Gasteiger partial charge in [-0.3, -0.25) is 0 Å². The summed E-state index contributed by atoms with van der Waals surface area (Å²) in [7, 11) is 1.72. The highest BCUT2D eigenvalue weighted by Gasteiger charge is 2.14. The quantitative estimate of drug-likeness (QED) is 0.713. The molecule has 0 amide bonds. The van der Waals surface area contributed by atoms with Crippen molar-refractivity contribution in [2.24, 2.45) is 0 Å². The van der Waals surface area contributed by atoms with Crippen LogP contribution in [0.2, 0.25) is 0 Å². The van der Waals surface area contributed by atoms with Gasteiger partial charge in [0.2, 0.25) is 0 Å². The largest absolute Gasteiger partial charge is 0.496 e. The zero-order valence-electron chi connectivity index (χ0n) is 12.3. The molecule has 0 aliphatic carbocycles. The van der Waals surface area contributed by atoms with Crippen molar-refractivity contribution in [3.63, 3.8) is 0 Å². The Morgan fingerprint density at radius 3 is 2.45 bits per heavy atom. The van der Waals surface area contributed by atoms with Crippen molar-refractivity contribution in [3.05, 3.63) is 64.7 Å². The maximum absolute atomic E-state index is 6.20. The monoisotopic (exact) mass is 288 g/mol. The number of ether oxygens (including phenoxy) is 1. The van der Waals surface area contributed by atoms with Crippen molar-refractivity contribution in [1.82, 2.24) is 0 Å². The number of methoxy groups -OCH3 is 1. The van der Waals surface area contributed by atoms with Crippen LogP contribution < -0.4 is 4.74 Å². The highest BCUT2D eigenvalue weighted by molar-refractivity contribution is 6.18. The van der Waals surface area contributed by atoms with Crippen LogP contribution in [0.4, 0.5) is 0 Å². The first-order valence-electron chi connectivity index (χ1n) is 6.90. The Morgan fingerprint density at radius 1 is 1.05 bits per heavy atom. The summed E-state index contributed by atoms with van der Waals surface area (Å²) in [4.78, 5) is 0. The lowest BCUT2D eigenvalue weighted by Crippen LogP contribution is -2.06. The molecule has 2 aromatic rings. The van der Waals surface area contributed by atoms with Gasteiger partial charge in [-0.05, 0) is 37.5 Å². The minimum Gasteiger partial charge on any atom is -0.496 e. The topological polar surface area (TPSA) is 9.23 Å². The Hall–Kier alpha value is -1.47. The van der Waals surface area contributed by atoms with E-state index >= 15 is 0 Å². The van der Waals surface area contributed by atoms with E-state index < -0.39 is 0 Å². The second-order valence-electron chi connectivity index (χ2n) is 5.28. The third kappa shape index (κ3) is 3.55. The second kappa shape index (κ2) is 6.81. The molecule has 1 nitrogen and oxygen atoms in total. The van der Waals surface area contributed by atoms with Crippen molar-refractivity contribution in [3.8, 4) is 5.75 Å². The van der Waals surface area contributed by atoms with E-state index in [-0.39, 0.29) is 0 Å². The number of hydrogen-bond donors (Lipinski definition) is 0. The standard InChI is InChI=1S/C18H21ClO/c1-13-5-4-6-15(9-13)17(12-19)11-16-10-14(2)7-8-18(16)20-3/h4-10,17H,11-12H2,1-3H3. The molecule has 1 atom stereocenters. The van der Waals surface area contributed by atoms with Gasteiger partial charge in [0, 0.05) is 11.8 Å². The lowest BCUT2D eigenvalue weighted by Gasteiger charge is -2.17. The molecule has 0 fully saturated rings. The molecular formula is C18H21ClO. The first-order chi connectivity index (χ1) is 9.63. The fourth-order valence-electron chi connectivity index (χ4n) is 2.52. The number of aryl methyl sites for hydroxylation is 2. The Bertz CT molecular complexity index is 577. The average Bonchev–Trinajstić information content (AvgIpc) is 2.45. The number of benzene rings is 2. The molecule has 0 aromatic heterocycles. The third-order valence-electron chi connectivity index (χ3n) is 3.60. The predicted octanol–water partition coefficient (Wildman–Crippen LogP) is 4.88. The lowest BCUT2D eigenvalue weighted by atomic mass is 9.91. The van der Waals surface area contributed by atoms with Crippen molar-refractivity contribution >= 4 is 11.6 Å². The van der Waals surface area contributed by atoms with Crippen molar-refractivity contribution < 1.29 is 4.74 Å². The molecule has 0 spiro atoms. The summed E-state index contributed by atoms with van der Waals surface area (Å²) in [5.41, 5.74) is 5.04. The van der Waals surface area contributed by atoms with Gasteiger partial charge in [-0.2, -0.15) is 0 Å². The molecule has 1 unspecified atom stereocenters. The fraction of sp³-hybridized carbons (Fsp3) is 0.333. The van der Waals surface area contributed by atoms with Crippen LogP contribution in [0.5, 0.6) is 5.75 Å². The number of hydrogen-bond acceptors (Lipinski definition) is 1. The summed E-state index contributed by atoms with van der Waals surface area (Å²) >= 11 is 6.20. The molecule has 0 bridgehead atoms. The van der Waals surface area contributed by atoms with E-state index in [2.05, 4.69) is 50.2 Å². The summed E-state index contributed by atoms with van der Waals surface area (Å²) < 4.78 is 5.46. The molecule has 0 heterocycles. The van der Waals surface area contributed by atoms with Crippen molar-refractivity contribution in [2.45, 2.75) is 26.2 Å². The minimum atomic E-state index is 0.312. The number of halogens is 1. The van der Waals surface area contributed by atoms with E-state index in [1.807, 2.05) is 6.07 Å². The molecule has 0 saturated heterocycles. The van der Waals surface area contributed by atoms with Crippen LogP contribution in [0.25, 0.3) is 0 Å². The Morgan fingerprint density at radius 2 is 1.80 bits per heavy atom. The molecule has 0 aliphatic heterocycles. The Balaban J connectivity index is 2.28. The molecule has 2 rings (SSSR count). The van der Waals surface area contributed by atoms with E-state index in [0.29, 0.717) is 11.8 Å². The van der Waals surface area contributed by atoms with Crippen LogP contribution in [0.1, 0.15) is 28.2 Å². The van der Waals surface area contributed by atoms with Gasteiger partial charge < -0.3 is 4.74 Å². The average molecular weight is 289 g/mol. The zero-order chi connectivity index (χ0) is 14.5. The van der Waals surface area contributed by atoms with Crippen molar-refractivity contribution in [2.75, 3.05) is 13.0 Å². The van der Waals surface area contributed by atoms with Gasteiger partial charge in [0.25, 0.3) is 0 Å². The van der Waals surface area contributed by atoms with Crippen LogP contribution in [0, 0.1) is 13.8 Å². The molecular weight excluding hydrogens is 268 g/mol. The normalized spacial score (nSPS) is 12.2. The first kappa shape index (κ1) is 14.9. The zero-order valence-corrected chi connectivity index (χ0v) is 13.1. The van der Waals surface area contributed by atoms with Gasteiger partial charge in [-0.15, -0.1) is 11.6 Å². The SMILES string of the molecule is COc1ccc(C)cc1CC(CCl)c1cccc(C)c1. The summed E-state index contributed by atoms with van der Waals surface area (Å²) in [5, 5.41) is 0.